The normalized spacial score (nSPS) is 15.5. The van der Waals surface area contributed by atoms with Crippen LogP contribution >= 0.6 is 11.3 Å². The number of anilines is 1. The van der Waals surface area contributed by atoms with Gasteiger partial charge in [0.1, 0.15) is 0 Å². The third kappa shape index (κ3) is 5.70. The van der Waals surface area contributed by atoms with Gasteiger partial charge < -0.3 is 14.8 Å². The van der Waals surface area contributed by atoms with Crippen molar-refractivity contribution in [2.75, 3.05) is 44.8 Å². The van der Waals surface area contributed by atoms with Gasteiger partial charge in [-0.05, 0) is 6.92 Å². The Morgan fingerprint density at radius 2 is 2.23 bits per heavy atom. The van der Waals surface area contributed by atoms with E-state index in [1.807, 2.05) is 0 Å². The van der Waals surface area contributed by atoms with Crippen molar-refractivity contribution in [2.45, 2.75) is 19.8 Å². The van der Waals surface area contributed by atoms with Crippen molar-refractivity contribution >= 4 is 28.3 Å². The molecule has 1 aromatic heterocycles. The van der Waals surface area contributed by atoms with Crippen molar-refractivity contribution in [2.24, 2.45) is 0 Å². The van der Waals surface area contributed by atoms with Gasteiger partial charge in [0.05, 0.1) is 31.9 Å². The van der Waals surface area contributed by atoms with Crippen LogP contribution in [0.15, 0.2) is 5.38 Å². The predicted octanol–water partition coefficient (Wildman–Crippen LogP) is 0.909. The second kappa shape index (κ2) is 8.82. The predicted molar refractivity (Wildman–Crippen MR) is 83.0 cm³/mol. The third-order valence-corrected chi connectivity index (χ3v) is 3.99. The van der Waals surface area contributed by atoms with Gasteiger partial charge in [-0.25, -0.2) is 4.98 Å². The zero-order chi connectivity index (χ0) is 15.8. The summed E-state index contributed by atoms with van der Waals surface area (Å²) in [5, 5.41) is 5.04. The minimum Gasteiger partial charge on any atom is -0.466 e. The van der Waals surface area contributed by atoms with Crippen LogP contribution in [0.1, 0.15) is 19.0 Å². The highest BCUT2D eigenvalue weighted by Crippen LogP contribution is 2.16. The monoisotopic (exact) mass is 327 g/mol. The third-order valence-electron chi connectivity index (χ3n) is 3.19. The molecule has 2 rings (SSSR count). The van der Waals surface area contributed by atoms with E-state index < -0.39 is 0 Å². The van der Waals surface area contributed by atoms with Gasteiger partial charge in [0.15, 0.2) is 5.13 Å². The molecule has 0 aliphatic carbocycles. The first-order chi connectivity index (χ1) is 10.7. The van der Waals surface area contributed by atoms with E-state index in [0.717, 1.165) is 32.8 Å². The summed E-state index contributed by atoms with van der Waals surface area (Å²) >= 11 is 1.31. The molecule has 1 aromatic rings. The van der Waals surface area contributed by atoms with Crippen molar-refractivity contribution in [3.8, 4) is 0 Å². The molecule has 0 atom stereocenters. The lowest BCUT2D eigenvalue weighted by Crippen LogP contribution is -2.38. The first kappa shape index (κ1) is 16.9. The van der Waals surface area contributed by atoms with Gasteiger partial charge in [0.25, 0.3) is 0 Å². The highest BCUT2D eigenvalue weighted by molar-refractivity contribution is 7.13. The number of amides is 1. The maximum atomic E-state index is 11.9. The van der Waals surface area contributed by atoms with Crippen molar-refractivity contribution in [3.63, 3.8) is 0 Å². The van der Waals surface area contributed by atoms with Crippen molar-refractivity contribution < 1.29 is 19.1 Å². The number of carbonyl (C=O) groups excluding carboxylic acids is 2. The minimum atomic E-state index is -0.307. The fraction of sp³-hybridized carbons (Fsp3) is 0.643. The molecule has 1 aliphatic rings. The number of ether oxygens (including phenoxy) is 2. The largest absolute Gasteiger partial charge is 0.466 e. The SMILES string of the molecule is CCOC(=O)Cc1csc(NC(=O)CCN2CCOCC2)n1. The highest BCUT2D eigenvalue weighted by Gasteiger charge is 2.13. The molecule has 0 spiro atoms. The average Bonchev–Trinajstić information content (AvgIpc) is 2.93. The lowest BCUT2D eigenvalue weighted by molar-refractivity contribution is -0.142. The number of carbonyl (C=O) groups is 2. The maximum Gasteiger partial charge on any atom is 0.311 e. The van der Waals surface area contributed by atoms with E-state index in [1.54, 1.807) is 12.3 Å². The van der Waals surface area contributed by atoms with Crippen molar-refractivity contribution in [1.29, 1.82) is 0 Å². The number of nitrogens with zero attached hydrogens (tertiary/aromatic N) is 2. The Hall–Kier alpha value is -1.51. The van der Waals surface area contributed by atoms with Crippen LogP contribution in [-0.2, 0) is 25.5 Å². The number of aromatic nitrogens is 1. The molecule has 22 heavy (non-hydrogen) atoms. The van der Waals surface area contributed by atoms with E-state index in [4.69, 9.17) is 9.47 Å². The standard InChI is InChI=1S/C14H21N3O4S/c1-2-21-13(19)9-11-10-22-14(15-11)16-12(18)3-4-17-5-7-20-8-6-17/h10H,2-9H2,1H3,(H,15,16,18). The Bertz CT molecular complexity index is 500. The smallest absolute Gasteiger partial charge is 0.311 e. The van der Waals surface area contributed by atoms with Crippen LogP contribution in [0.2, 0.25) is 0 Å². The van der Waals surface area contributed by atoms with Crippen LogP contribution < -0.4 is 5.32 Å². The molecule has 1 aliphatic heterocycles. The maximum absolute atomic E-state index is 11.9. The van der Waals surface area contributed by atoms with Crippen LogP contribution in [0.5, 0.6) is 0 Å². The Balaban J connectivity index is 1.72. The number of esters is 1. The number of rotatable bonds is 7. The summed E-state index contributed by atoms with van der Waals surface area (Å²) in [6.07, 6.45) is 0.556. The molecule has 0 unspecified atom stereocenters. The van der Waals surface area contributed by atoms with E-state index in [1.165, 1.54) is 11.3 Å². The highest BCUT2D eigenvalue weighted by atomic mass is 32.1. The first-order valence-electron chi connectivity index (χ1n) is 7.37. The summed E-state index contributed by atoms with van der Waals surface area (Å²) in [5.74, 6) is -0.374. The average molecular weight is 327 g/mol. The molecular formula is C14H21N3O4S. The molecule has 2 heterocycles. The number of nitrogens with one attached hydrogen (secondary N) is 1. The van der Waals surface area contributed by atoms with Crippen LogP contribution in [0, 0.1) is 0 Å². The quantitative estimate of drug-likeness (QED) is 0.750. The second-order valence-corrected chi connectivity index (χ2v) is 5.74. The number of hydrogen-bond donors (Lipinski definition) is 1. The van der Waals surface area contributed by atoms with Gasteiger partial charge >= 0.3 is 5.97 Å². The molecule has 0 aromatic carbocycles. The molecule has 0 bridgehead atoms. The second-order valence-electron chi connectivity index (χ2n) is 4.88. The first-order valence-corrected chi connectivity index (χ1v) is 8.25. The van der Waals surface area contributed by atoms with E-state index >= 15 is 0 Å². The molecular weight excluding hydrogens is 306 g/mol. The molecule has 122 valence electrons. The summed E-state index contributed by atoms with van der Waals surface area (Å²) < 4.78 is 10.1. The molecule has 0 saturated carbocycles. The number of morpholine rings is 1. The van der Waals surface area contributed by atoms with Gasteiger partial charge in [-0.2, -0.15) is 0 Å². The summed E-state index contributed by atoms with van der Waals surface area (Å²) in [7, 11) is 0. The van der Waals surface area contributed by atoms with Gasteiger partial charge in [-0.15, -0.1) is 11.3 Å². The molecule has 1 fully saturated rings. The summed E-state index contributed by atoms with van der Waals surface area (Å²) in [6.45, 7) is 6.03. The zero-order valence-electron chi connectivity index (χ0n) is 12.7. The van der Waals surface area contributed by atoms with Crippen LogP contribution in [0.25, 0.3) is 0 Å². The molecule has 7 nitrogen and oxygen atoms in total. The van der Waals surface area contributed by atoms with Gasteiger partial charge in [-0.3, -0.25) is 14.5 Å². The Labute approximate surface area is 133 Å². The Morgan fingerprint density at radius 1 is 1.45 bits per heavy atom. The van der Waals surface area contributed by atoms with Gasteiger partial charge in [-0.1, -0.05) is 0 Å². The number of thiazole rings is 1. The minimum absolute atomic E-state index is 0.0662. The molecule has 8 heteroatoms. The zero-order valence-corrected chi connectivity index (χ0v) is 13.5. The summed E-state index contributed by atoms with van der Waals surface area (Å²) in [5.41, 5.74) is 0.618. The van der Waals surface area contributed by atoms with E-state index in [-0.39, 0.29) is 18.3 Å². The van der Waals surface area contributed by atoms with Gasteiger partial charge in [0.2, 0.25) is 5.91 Å². The van der Waals surface area contributed by atoms with E-state index in [9.17, 15) is 9.59 Å². The number of hydrogen-bond acceptors (Lipinski definition) is 7. The molecule has 1 amide bonds. The topological polar surface area (TPSA) is 80.8 Å². The molecule has 1 N–H and O–H groups in total. The van der Waals surface area contributed by atoms with Gasteiger partial charge in [0, 0.05) is 31.4 Å². The lowest BCUT2D eigenvalue weighted by atomic mass is 10.3. The van der Waals surface area contributed by atoms with E-state index in [2.05, 4.69) is 15.2 Å². The fourth-order valence-electron chi connectivity index (χ4n) is 2.07. The van der Waals surface area contributed by atoms with Crippen LogP contribution in [0.3, 0.4) is 0 Å². The van der Waals surface area contributed by atoms with E-state index in [0.29, 0.717) is 23.9 Å². The Morgan fingerprint density at radius 3 is 2.95 bits per heavy atom. The molecule has 0 radical (unpaired) electrons. The van der Waals surface area contributed by atoms with Crippen LogP contribution in [-0.4, -0.2) is 61.2 Å². The summed E-state index contributed by atoms with van der Waals surface area (Å²) in [6, 6.07) is 0. The Kier molecular flexibility index (Phi) is 6.75. The van der Waals surface area contributed by atoms with Crippen molar-refractivity contribution in [1.82, 2.24) is 9.88 Å². The van der Waals surface area contributed by atoms with Crippen LogP contribution in [0.4, 0.5) is 5.13 Å². The lowest BCUT2D eigenvalue weighted by Gasteiger charge is -2.26. The summed E-state index contributed by atoms with van der Waals surface area (Å²) in [4.78, 5) is 29.7. The molecule has 1 saturated heterocycles. The fourth-order valence-corrected chi connectivity index (χ4v) is 2.80. The van der Waals surface area contributed by atoms with Crippen molar-refractivity contribution in [3.05, 3.63) is 11.1 Å².